The maximum atomic E-state index is 10.5. The molecule has 2 aromatic carbocycles. The first kappa shape index (κ1) is 16.5. The predicted molar refractivity (Wildman–Crippen MR) is 104 cm³/mol. The summed E-state index contributed by atoms with van der Waals surface area (Å²) in [6.45, 7) is 0.396. The van der Waals surface area contributed by atoms with Crippen molar-refractivity contribution >= 4 is 44.0 Å². The molecule has 2 heterocycles. The van der Waals surface area contributed by atoms with Crippen molar-refractivity contribution < 1.29 is 9.90 Å². The Morgan fingerprint density at radius 2 is 1.92 bits per heavy atom. The van der Waals surface area contributed by atoms with E-state index in [4.69, 9.17) is 5.11 Å². The molecule has 0 spiro atoms. The average Bonchev–Trinajstić information content (AvgIpc) is 3.06. The lowest BCUT2D eigenvalue weighted by atomic mass is 10.1. The molecule has 0 aliphatic heterocycles. The van der Waals surface area contributed by atoms with Gasteiger partial charge in [0.2, 0.25) is 0 Å². The number of carboxylic acid groups (broad SMARTS) is 1. The zero-order valence-corrected chi connectivity index (χ0v) is 15.3. The maximum absolute atomic E-state index is 10.5. The number of nitrogens with zero attached hydrogens (tertiary/aromatic N) is 3. The van der Waals surface area contributed by atoms with Crippen LogP contribution in [-0.4, -0.2) is 32.3 Å². The number of aromatic nitrogens is 3. The predicted octanol–water partition coefficient (Wildman–Crippen LogP) is 4.15. The molecule has 0 saturated carbocycles. The van der Waals surface area contributed by atoms with Gasteiger partial charge in [0.05, 0.1) is 17.2 Å². The number of nitrogens with one attached hydrogen (secondary N) is 1. The van der Waals surface area contributed by atoms with Gasteiger partial charge in [0.15, 0.2) is 0 Å². The van der Waals surface area contributed by atoms with Crippen LogP contribution in [0.25, 0.3) is 27.6 Å². The molecular weight excluding hydrogens is 396 g/mol. The number of benzene rings is 2. The van der Waals surface area contributed by atoms with Crippen LogP contribution < -0.4 is 5.32 Å². The van der Waals surface area contributed by atoms with Gasteiger partial charge in [0.1, 0.15) is 11.8 Å². The van der Waals surface area contributed by atoms with Crippen LogP contribution in [0.3, 0.4) is 0 Å². The minimum absolute atomic E-state index is 0.396. The van der Waals surface area contributed by atoms with E-state index in [0.29, 0.717) is 13.0 Å². The Morgan fingerprint density at radius 1 is 1.12 bits per heavy atom. The minimum atomic E-state index is -1.00. The van der Waals surface area contributed by atoms with Gasteiger partial charge >= 0.3 is 6.09 Å². The van der Waals surface area contributed by atoms with Crippen LogP contribution >= 0.6 is 15.9 Å². The second-order valence-corrected chi connectivity index (χ2v) is 6.83. The van der Waals surface area contributed by atoms with Crippen LogP contribution in [0.1, 0.15) is 5.56 Å². The Kier molecular flexibility index (Phi) is 4.30. The van der Waals surface area contributed by atoms with Crippen molar-refractivity contribution in [3.05, 3.63) is 65.0 Å². The lowest BCUT2D eigenvalue weighted by Crippen LogP contribution is -2.23. The van der Waals surface area contributed by atoms with Gasteiger partial charge in [0.25, 0.3) is 0 Å². The van der Waals surface area contributed by atoms with E-state index in [1.807, 2.05) is 41.0 Å². The minimum Gasteiger partial charge on any atom is -0.465 e. The summed E-state index contributed by atoms with van der Waals surface area (Å²) in [5.74, 6) is 0. The van der Waals surface area contributed by atoms with E-state index in [9.17, 15) is 4.79 Å². The Bertz CT molecular complexity index is 1110. The van der Waals surface area contributed by atoms with E-state index in [0.717, 1.165) is 37.7 Å². The molecule has 26 heavy (non-hydrogen) atoms. The molecule has 2 aromatic heterocycles. The highest BCUT2D eigenvalue weighted by Crippen LogP contribution is 2.28. The van der Waals surface area contributed by atoms with Crippen molar-refractivity contribution in [2.45, 2.75) is 6.42 Å². The van der Waals surface area contributed by atoms with E-state index >= 15 is 0 Å². The summed E-state index contributed by atoms with van der Waals surface area (Å²) in [5, 5.41) is 12.0. The van der Waals surface area contributed by atoms with Gasteiger partial charge in [-0.15, -0.1) is 0 Å². The zero-order valence-electron chi connectivity index (χ0n) is 13.7. The molecule has 4 aromatic rings. The van der Waals surface area contributed by atoms with Crippen molar-refractivity contribution in [3.8, 4) is 5.69 Å². The van der Waals surface area contributed by atoms with Gasteiger partial charge in [-0.2, -0.15) is 0 Å². The molecule has 4 rings (SSSR count). The van der Waals surface area contributed by atoms with Crippen LogP contribution in [0.5, 0.6) is 0 Å². The van der Waals surface area contributed by atoms with E-state index in [2.05, 4.69) is 37.3 Å². The lowest BCUT2D eigenvalue weighted by Gasteiger charge is -2.08. The summed E-state index contributed by atoms with van der Waals surface area (Å²) in [6.07, 6.45) is 3.23. The van der Waals surface area contributed by atoms with Crippen molar-refractivity contribution in [3.63, 3.8) is 0 Å². The number of pyridine rings is 1. The fraction of sp³-hybridized carbons (Fsp3) is 0.105. The number of carbonyl (C=O) groups is 1. The van der Waals surface area contributed by atoms with Gasteiger partial charge in [-0.05, 0) is 42.3 Å². The highest BCUT2D eigenvalue weighted by molar-refractivity contribution is 9.10. The molecule has 0 saturated heterocycles. The van der Waals surface area contributed by atoms with Crippen molar-refractivity contribution in [1.29, 1.82) is 0 Å². The van der Waals surface area contributed by atoms with Crippen molar-refractivity contribution in [2.75, 3.05) is 6.54 Å². The SMILES string of the molecule is O=C(O)NCCc1ccc(-n2cnc3cnc4ccc(Br)cc4c32)cc1. The van der Waals surface area contributed by atoms with Crippen LogP contribution in [0.4, 0.5) is 4.79 Å². The van der Waals surface area contributed by atoms with E-state index < -0.39 is 6.09 Å². The normalized spacial score (nSPS) is 11.1. The van der Waals surface area contributed by atoms with Crippen LogP contribution in [0.15, 0.2) is 59.5 Å². The molecule has 1 amide bonds. The molecule has 0 unspecified atom stereocenters. The molecule has 0 fully saturated rings. The molecule has 2 N–H and O–H groups in total. The Morgan fingerprint density at radius 3 is 2.69 bits per heavy atom. The summed E-state index contributed by atoms with van der Waals surface area (Å²) in [4.78, 5) is 19.5. The van der Waals surface area contributed by atoms with E-state index in [1.165, 1.54) is 0 Å². The number of hydrogen-bond acceptors (Lipinski definition) is 3. The Labute approximate surface area is 157 Å². The number of rotatable bonds is 4. The highest BCUT2D eigenvalue weighted by Gasteiger charge is 2.10. The fourth-order valence-electron chi connectivity index (χ4n) is 3.00. The molecule has 130 valence electrons. The maximum Gasteiger partial charge on any atom is 0.404 e. The number of hydrogen-bond donors (Lipinski definition) is 2. The van der Waals surface area contributed by atoms with Gasteiger partial charge in [-0.25, -0.2) is 9.78 Å². The summed E-state index contributed by atoms with van der Waals surface area (Å²) in [7, 11) is 0. The number of amides is 1. The Hall–Kier alpha value is -2.93. The highest BCUT2D eigenvalue weighted by atomic mass is 79.9. The molecule has 0 bridgehead atoms. The van der Waals surface area contributed by atoms with Crippen molar-refractivity contribution in [1.82, 2.24) is 19.9 Å². The summed E-state index contributed by atoms with van der Waals surface area (Å²) in [5.41, 5.74) is 4.83. The molecule has 0 aliphatic carbocycles. The first-order chi connectivity index (χ1) is 12.6. The third-order valence-corrected chi connectivity index (χ3v) is 4.73. The topological polar surface area (TPSA) is 80.0 Å². The van der Waals surface area contributed by atoms with Gasteiger partial charge in [-0.1, -0.05) is 28.1 Å². The van der Waals surface area contributed by atoms with E-state index in [1.54, 1.807) is 12.5 Å². The number of imidazole rings is 1. The second-order valence-electron chi connectivity index (χ2n) is 5.92. The fourth-order valence-corrected chi connectivity index (χ4v) is 3.36. The molecule has 7 heteroatoms. The zero-order chi connectivity index (χ0) is 18.1. The van der Waals surface area contributed by atoms with Crippen LogP contribution in [-0.2, 0) is 6.42 Å². The van der Waals surface area contributed by atoms with Gasteiger partial charge < -0.3 is 10.4 Å². The van der Waals surface area contributed by atoms with Crippen LogP contribution in [0, 0.1) is 0 Å². The van der Waals surface area contributed by atoms with Crippen LogP contribution in [0.2, 0.25) is 0 Å². The molecule has 0 aliphatic rings. The first-order valence-corrected chi connectivity index (χ1v) is 8.88. The third-order valence-electron chi connectivity index (χ3n) is 4.24. The lowest BCUT2D eigenvalue weighted by molar-refractivity contribution is 0.194. The second kappa shape index (κ2) is 6.76. The molecule has 0 atom stereocenters. The monoisotopic (exact) mass is 410 g/mol. The molecular formula is C19H15BrN4O2. The summed E-state index contributed by atoms with van der Waals surface area (Å²) < 4.78 is 3.04. The number of halogens is 1. The first-order valence-electron chi connectivity index (χ1n) is 8.09. The van der Waals surface area contributed by atoms with Crippen molar-refractivity contribution in [2.24, 2.45) is 0 Å². The summed E-state index contributed by atoms with van der Waals surface area (Å²) >= 11 is 3.53. The molecule has 0 radical (unpaired) electrons. The van der Waals surface area contributed by atoms with E-state index in [-0.39, 0.29) is 0 Å². The summed E-state index contributed by atoms with van der Waals surface area (Å²) in [6, 6.07) is 14.0. The standard InChI is InChI=1S/C19H15BrN4O2/c20-13-3-6-16-15(9-13)18-17(10-22-16)23-11-24(18)14-4-1-12(2-5-14)7-8-21-19(25)26/h1-6,9-11,21H,7-8H2,(H,25,26). The number of fused-ring (bicyclic) bond motifs is 3. The molecule has 6 nitrogen and oxygen atoms in total. The third kappa shape index (κ3) is 3.13. The van der Waals surface area contributed by atoms with Gasteiger partial charge in [0, 0.05) is 22.1 Å². The van der Waals surface area contributed by atoms with Gasteiger partial charge in [-0.3, -0.25) is 9.55 Å². The smallest absolute Gasteiger partial charge is 0.404 e. The largest absolute Gasteiger partial charge is 0.465 e. The Balaban J connectivity index is 1.72. The quantitative estimate of drug-likeness (QED) is 0.529. The average molecular weight is 411 g/mol.